The van der Waals surface area contributed by atoms with Crippen LogP contribution in [-0.2, 0) is 6.54 Å². The first-order valence-electron chi connectivity index (χ1n) is 6.36. The third kappa shape index (κ3) is 2.79. The van der Waals surface area contributed by atoms with Crippen molar-refractivity contribution >= 4 is 17.3 Å². The van der Waals surface area contributed by atoms with Crippen LogP contribution in [0.4, 0.5) is 5.69 Å². The molecule has 3 nitrogen and oxygen atoms in total. The lowest BCUT2D eigenvalue weighted by Gasteiger charge is -2.45. The van der Waals surface area contributed by atoms with Crippen molar-refractivity contribution in [1.29, 1.82) is 0 Å². The topological polar surface area (TPSA) is 32.5 Å². The second-order valence-electron chi connectivity index (χ2n) is 5.75. The fourth-order valence-electron chi connectivity index (χ4n) is 2.44. The molecule has 1 aliphatic heterocycles. The summed E-state index contributed by atoms with van der Waals surface area (Å²) in [5.74, 6) is 0. The number of nitrogens with two attached hydrogens (primary N) is 1. The zero-order valence-electron chi connectivity index (χ0n) is 11.4. The standard InChI is InChI=1S/C14H22ClN3/c1-14(2)10-18(8-7-17(14)3)9-11-12(15)5-4-6-13(11)16/h4-6H,7-10,16H2,1-3H3. The van der Waals surface area contributed by atoms with E-state index in [1.54, 1.807) is 0 Å². The maximum Gasteiger partial charge on any atom is 0.0471 e. The number of hydrogen-bond acceptors (Lipinski definition) is 3. The maximum atomic E-state index is 6.23. The number of nitrogens with zero attached hydrogens (tertiary/aromatic N) is 2. The zero-order valence-corrected chi connectivity index (χ0v) is 12.2. The van der Waals surface area contributed by atoms with Gasteiger partial charge < -0.3 is 5.73 Å². The Hall–Kier alpha value is -0.770. The van der Waals surface area contributed by atoms with E-state index in [4.69, 9.17) is 17.3 Å². The third-order valence-corrected chi connectivity index (χ3v) is 4.29. The average molecular weight is 268 g/mol. The summed E-state index contributed by atoms with van der Waals surface area (Å²) < 4.78 is 0. The van der Waals surface area contributed by atoms with Gasteiger partial charge in [0.2, 0.25) is 0 Å². The first-order valence-corrected chi connectivity index (χ1v) is 6.74. The minimum atomic E-state index is 0.203. The number of rotatable bonds is 2. The molecule has 1 heterocycles. The Kier molecular flexibility index (Phi) is 3.85. The number of piperazine rings is 1. The van der Waals surface area contributed by atoms with E-state index in [9.17, 15) is 0 Å². The van der Waals surface area contributed by atoms with Crippen molar-refractivity contribution in [2.45, 2.75) is 25.9 Å². The molecule has 100 valence electrons. The number of halogens is 1. The minimum Gasteiger partial charge on any atom is -0.398 e. The smallest absolute Gasteiger partial charge is 0.0471 e. The van der Waals surface area contributed by atoms with Gasteiger partial charge in [0.1, 0.15) is 0 Å². The van der Waals surface area contributed by atoms with Crippen molar-refractivity contribution in [1.82, 2.24) is 9.80 Å². The van der Waals surface area contributed by atoms with Crippen LogP contribution in [0.25, 0.3) is 0 Å². The molecule has 0 spiro atoms. The predicted octanol–water partition coefficient (Wildman–Crippen LogP) is 2.45. The van der Waals surface area contributed by atoms with Gasteiger partial charge in [-0.25, -0.2) is 0 Å². The van der Waals surface area contributed by atoms with E-state index < -0.39 is 0 Å². The summed E-state index contributed by atoms with van der Waals surface area (Å²) in [5.41, 5.74) is 8.06. The highest BCUT2D eigenvalue weighted by Crippen LogP contribution is 2.26. The van der Waals surface area contributed by atoms with E-state index in [0.717, 1.165) is 42.5 Å². The highest BCUT2D eigenvalue weighted by molar-refractivity contribution is 6.31. The van der Waals surface area contributed by atoms with E-state index in [1.165, 1.54) is 0 Å². The van der Waals surface area contributed by atoms with E-state index in [2.05, 4.69) is 30.7 Å². The van der Waals surface area contributed by atoms with Crippen molar-refractivity contribution in [3.05, 3.63) is 28.8 Å². The molecule has 1 fully saturated rings. The van der Waals surface area contributed by atoms with Crippen LogP contribution >= 0.6 is 11.6 Å². The largest absolute Gasteiger partial charge is 0.398 e. The molecule has 0 aromatic heterocycles. The summed E-state index contributed by atoms with van der Waals surface area (Å²) in [5, 5.41) is 0.770. The molecule has 1 aromatic carbocycles. The molecule has 0 aliphatic carbocycles. The predicted molar refractivity (Wildman–Crippen MR) is 77.9 cm³/mol. The average Bonchev–Trinajstić information content (AvgIpc) is 2.28. The summed E-state index contributed by atoms with van der Waals surface area (Å²) in [6.45, 7) is 8.56. The molecule has 4 heteroatoms. The van der Waals surface area contributed by atoms with Crippen molar-refractivity contribution in [2.24, 2.45) is 0 Å². The quantitative estimate of drug-likeness (QED) is 0.836. The van der Waals surface area contributed by atoms with Crippen molar-refractivity contribution in [3.63, 3.8) is 0 Å². The number of benzene rings is 1. The Bertz CT molecular complexity index is 411. The molecular formula is C14H22ClN3. The Balaban J connectivity index is 2.11. The lowest BCUT2D eigenvalue weighted by molar-refractivity contribution is 0.0361. The summed E-state index contributed by atoms with van der Waals surface area (Å²) in [7, 11) is 2.18. The van der Waals surface area contributed by atoms with E-state index >= 15 is 0 Å². The first-order chi connectivity index (χ1) is 8.40. The summed E-state index contributed by atoms with van der Waals surface area (Å²) >= 11 is 6.23. The fourth-order valence-corrected chi connectivity index (χ4v) is 2.68. The first kappa shape index (κ1) is 13.7. The number of likely N-dealkylation sites (N-methyl/N-ethyl adjacent to an activating group) is 1. The van der Waals surface area contributed by atoms with Gasteiger partial charge in [0.05, 0.1) is 0 Å². The SMILES string of the molecule is CN1CCN(Cc2c(N)cccc2Cl)CC1(C)C. The van der Waals surface area contributed by atoms with Gasteiger partial charge in [-0.3, -0.25) is 9.80 Å². The van der Waals surface area contributed by atoms with Gasteiger partial charge in [0.25, 0.3) is 0 Å². The van der Waals surface area contributed by atoms with E-state index in [-0.39, 0.29) is 5.54 Å². The molecule has 2 rings (SSSR count). The Labute approximate surface area is 115 Å². The van der Waals surface area contributed by atoms with Crippen LogP contribution < -0.4 is 5.73 Å². The monoisotopic (exact) mass is 267 g/mol. The zero-order chi connectivity index (χ0) is 13.3. The Morgan fingerprint density at radius 1 is 1.33 bits per heavy atom. The highest BCUT2D eigenvalue weighted by atomic mass is 35.5. The number of nitrogen functional groups attached to an aromatic ring is 1. The maximum absolute atomic E-state index is 6.23. The van der Waals surface area contributed by atoms with Crippen molar-refractivity contribution in [2.75, 3.05) is 32.4 Å². The van der Waals surface area contributed by atoms with Gasteiger partial charge in [0, 0.05) is 48.0 Å². The Morgan fingerprint density at radius 2 is 2.06 bits per heavy atom. The highest BCUT2D eigenvalue weighted by Gasteiger charge is 2.31. The molecule has 0 atom stereocenters. The summed E-state index contributed by atoms with van der Waals surface area (Å²) in [4.78, 5) is 4.83. The normalized spacial score (nSPS) is 21.1. The Morgan fingerprint density at radius 3 is 2.67 bits per heavy atom. The fraction of sp³-hybridized carbons (Fsp3) is 0.571. The molecule has 0 unspecified atom stereocenters. The van der Waals surface area contributed by atoms with E-state index in [0.29, 0.717) is 0 Å². The van der Waals surface area contributed by atoms with Crippen molar-refractivity contribution in [3.8, 4) is 0 Å². The molecule has 0 amide bonds. The molecule has 18 heavy (non-hydrogen) atoms. The molecule has 2 N–H and O–H groups in total. The van der Waals surface area contributed by atoms with Crippen LogP contribution in [0.2, 0.25) is 5.02 Å². The molecule has 0 radical (unpaired) electrons. The summed E-state index contributed by atoms with van der Waals surface area (Å²) in [6, 6.07) is 5.73. The second kappa shape index (κ2) is 5.08. The van der Waals surface area contributed by atoms with E-state index in [1.807, 2.05) is 18.2 Å². The van der Waals surface area contributed by atoms with Gasteiger partial charge in [-0.05, 0) is 33.0 Å². The third-order valence-electron chi connectivity index (χ3n) is 3.93. The molecule has 1 aromatic rings. The van der Waals surface area contributed by atoms with Gasteiger partial charge in [0.15, 0.2) is 0 Å². The van der Waals surface area contributed by atoms with Crippen LogP contribution in [0.1, 0.15) is 19.4 Å². The molecule has 1 saturated heterocycles. The van der Waals surface area contributed by atoms with Gasteiger partial charge in [-0.15, -0.1) is 0 Å². The number of anilines is 1. The second-order valence-corrected chi connectivity index (χ2v) is 6.16. The van der Waals surface area contributed by atoms with Crippen LogP contribution in [0, 0.1) is 0 Å². The van der Waals surface area contributed by atoms with Crippen LogP contribution in [-0.4, -0.2) is 42.0 Å². The van der Waals surface area contributed by atoms with Crippen LogP contribution in [0.15, 0.2) is 18.2 Å². The van der Waals surface area contributed by atoms with Crippen LogP contribution in [0.3, 0.4) is 0 Å². The van der Waals surface area contributed by atoms with Crippen LogP contribution in [0.5, 0.6) is 0 Å². The summed E-state index contributed by atoms with van der Waals surface area (Å²) in [6.07, 6.45) is 0. The van der Waals surface area contributed by atoms with Gasteiger partial charge in [-0.1, -0.05) is 17.7 Å². The molecule has 0 saturated carbocycles. The lowest BCUT2D eigenvalue weighted by atomic mass is 9.99. The molecule has 0 bridgehead atoms. The minimum absolute atomic E-state index is 0.203. The molecular weight excluding hydrogens is 246 g/mol. The van der Waals surface area contributed by atoms with Gasteiger partial charge in [-0.2, -0.15) is 0 Å². The molecule has 1 aliphatic rings. The lowest BCUT2D eigenvalue weighted by Crippen LogP contribution is -2.57. The number of hydrogen-bond donors (Lipinski definition) is 1. The van der Waals surface area contributed by atoms with Crippen molar-refractivity contribution < 1.29 is 0 Å². The van der Waals surface area contributed by atoms with Gasteiger partial charge >= 0.3 is 0 Å².